The maximum Gasteiger partial charge on any atom is 0.261 e. The molecule has 8 nitrogen and oxygen atoms in total. The first kappa shape index (κ1) is 21.0. The predicted octanol–water partition coefficient (Wildman–Crippen LogP) is 1.76. The zero-order valence-electron chi connectivity index (χ0n) is 17.4. The van der Waals surface area contributed by atoms with Gasteiger partial charge in [0.2, 0.25) is 5.91 Å². The Morgan fingerprint density at radius 1 is 1.23 bits per heavy atom. The molecular formula is C22H25FN4O4. The van der Waals surface area contributed by atoms with Crippen LogP contribution in [-0.2, 0) is 17.8 Å². The van der Waals surface area contributed by atoms with E-state index >= 15 is 0 Å². The van der Waals surface area contributed by atoms with Gasteiger partial charge >= 0.3 is 0 Å². The van der Waals surface area contributed by atoms with Gasteiger partial charge in [0.25, 0.3) is 11.5 Å². The molecule has 2 aliphatic rings. The molecule has 0 radical (unpaired) electrons. The summed E-state index contributed by atoms with van der Waals surface area (Å²) >= 11 is 0. The van der Waals surface area contributed by atoms with Crippen molar-refractivity contribution in [3.8, 4) is 5.75 Å². The van der Waals surface area contributed by atoms with Crippen molar-refractivity contribution in [1.82, 2.24) is 14.8 Å². The van der Waals surface area contributed by atoms with Gasteiger partial charge in [-0.05, 0) is 55.6 Å². The number of nitrogens with one attached hydrogen (secondary N) is 2. The van der Waals surface area contributed by atoms with Gasteiger partial charge in [0, 0.05) is 25.4 Å². The number of nitrogens with zero attached hydrogens (tertiary/aromatic N) is 2. The number of anilines is 1. The summed E-state index contributed by atoms with van der Waals surface area (Å²) in [6.45, 7) is 3.02. The Balaban J connectivity index is 1.54. The average Bonchev–Trinajstić information content (AvgIpc) is 3.27. The minimum absolute atomic E-state index is 0.0446. The Morgan fingerprint density at radius 3 is 2.74 bits per heavy atom. The van der Waals surface area contributed by atoms with Gasteiger partial charge in [0.05, 0.1) is 19.3 Å². The molecule has 0 aliphatic carbocycles. The van der Waals surface area contributed by atoms with Crippen LogP contribution in [0.3, 0.4) is 0 Å². The fraction of sp³-hybridized carbons (Fsp3) is 0.409. The Labute approximate surface area is 179 Å². The van der Waals surface area contributed by atoms with E-state index in [-0.39, 0.29) is 17.2 Å². The number of pyridine rings is 1. The number of benzene rings is 1. The molecule has 3 heterocycles. The van der Waals surface area contributed by atoms with E-state index in [1.165, 1.54) is 25.3 Å². The number of rotatable bonds is 5. The van der Waals surface area contributed by atoms with Gasteiger partial charge < -0.3 is 19.9 Å². The van der Waals surface area contributed by atoms with E-state index < -0.39 is 17.3 Å². The van der Waals surface area contributed by atoms with E-state index in [1.54, 1.807) is 11.1 Å². The van der Waals surface area contributed by atoms with Crippen LogP contribution < -0.4 is 15.6 Å². The summed E-state index contributed by atoms with van der Waals surface area (Å²) < 4.78 is 19.2. The molecule has 1 aromatic heterocycles. The lowest BCUT2D eigenvalue weighted by atomic mass is 9.96. The fourth-order valence-electron chi connectivity index (χ4n) is 4.16. The highest BCUT2D eigenvalue weighted by Gasteiger charge is 2.28. The lowest BCUT2D eigenvalue weighted by Gasteiger charge is -2.31. The SMILES string of the molecule is COc1ccc(F)c(NC(=O)c2c3c(c[nH]c2=O)CN(C(=O)CN2CCCC2)CC3)c1. The molecule has 0 bridgehead atoms. The Hall–Kier alpha value is -3.20. The lowest BCUT2D eigenvalue weighted by Crippen LogP contribution is -2.43. The normalized spacial score (nSPS) is 16.1. The van der Waals surface area contributed by atoms with Gasteiger partial charge in [0.15, 0.2) is 0 Å². The second-order valence-electron chi connectivity index (χ2n) is 7.85. The first-order chi connectivity index (χ1) is 15.0. The molecule has 2 aliphatic heterocycles. The minimum Gasteiger partial charge on any atom is -0.497 e. The first-order valence-corrected chi connectivity index (χ1v) is 10.3. The number of aromatic nitrogens is 1. The molecule has 1 fully saturated rings. The van der Waals surface area contributed by atoms with E-state index in [1.807, 2.05) is 0 Å². The van der Waals surface area contributed by atoms with Crippen molar-refractivity contribution in [3.05, 3.63) is 57.3 Å². The lowest BCUT2D eigenvalue weighted by molar-refractivity contribution is -0.133. The number of amides is 2. The predicted molar refractivity (Wildman–Crippen MR) is 113 cm³/mol. The number of aromatic amines is 1. The highest BCUT2D eigenvalue weighted by Crippen LogP contribution is 2.24. The molecule has 0 atom stereocenters. The van der Waals surface area contributed by atoms with Crippen molar-refractivity contribution in [3.63, 3.8) is 0 Å². The van der Waals surface area contributed by atoms with Crippen LogP contribution in [0.25, 0.3) is 0 Å². The highest BCUT2D eigenvalue weighted by atomic mass is 19.1. The molecule has 1 aromatic carbocycles. The molecule has 164 valence electrons. The summed E-state index contributed by atoms with van der Waals surface area (Å²) in [5.41, 5.74) is 0.647. The number of carbonyl (C=O) groups is 2. The molecule has 0 spiro atoms. The zero-order valence-corrected chi connectivity index (χ0v) is 17.4. The van der Waals surface area contributed by atoms with Gasteiger partial charge in [-0.15, -0.1) is 0 Å². The average molecular weight is 428 g/mol. The molecule has 4 rings (SSSR count). The molecule has 0 saturated carbocycles. The Bertz CT molecular complexity index is 1060. The van der Waals surface area contributed by atoms with Crippen LogP contribution in [0.5, 0.6) is 5.75 Å². The number of fused-ring (bicyclic) bond motifs is 1. The Morgan fingerprint density at radius 2 is 2.00 bits per heavy atom. The van der Waals surface area contributed by atoms with Crippen molar-refractivity contribution in [2.45, 2.75) is 25.8 Å². The number of carbonyl (C=O) groups excluding carboxylic acids is 2. The zero-order chi connectivity index (χ0) is 22.0. The van der Waals surface area contributed by atoms with Gasteiger partial charge in [-0.2, -0.15) is 0 Å². The number of likely N-dealkylation sites (tertiary alicyclic amines) is 1. The van der Waals surface area contributed by atoms with E-state index in [0.717, 1.165) is 31.5 Å². The molecule has 0 unspecified atom stereocenters. The second-order valence-corrected chi connectivity index (χ2v) is 7.85. The molecule has 2 N–H and O–H groups in total. The minimum atomic E-state index is -0.693. The van der Waals surface area contributed by atoms with Gasteiger partial charge in [-0.1, -0.05) is 0 Å². The summed E-state index contributed by atoms with van der Waals surface area (Å²) in [5, 5.41) is 2.47. The topological polar surface area (TPSA) is 94.7 Å². The van der Waals surface area contributed by atoms with Crippen LogP contribution in [0.1, 0.15) is 34.3 Å². The smallest absolute Gasteiger partial charge is 0.261 e. The number of hydrogen-bond donors (Lipinski definition) is 2. The van der Waals surface area contributed by atoms with Crippen molar-refractivity contribution >= 4 is 17.5 Å². The summed E-state index contributed by atoms with van der Waals surface area (Å²) in [6.07, 6.45) is 4.16. The van der Waals surface area contributed by atoms with Gasteiger partial charge in [-0.25, -0.2) is 4.39 Å². The van der Waals surface area contributed by atoms with Gasteiger partial charge in [0.1, 0.15) is 17.1 Å². The molecule has 2 aromatic rings. The van der Waals surface area contributed by atoms with Gasteiger partial charge in [-0.3, -0.25) is 19.3 Å². The first-order valence-electron chi connectivity index (χ1n) is 10.3. The van der Waals surface area contributed by atoms with Crippen LogP contribution in [0, 0.1) is 5.82 Å². The number of H-pyrrole nitrogens is 1. The maximum absolute atomic E-state index is 14.1. The third-order valence-electron chi connectivity index (χ3n) is 5.85. The van der Waals surface area contributed by atoms with Crippen molar-refractivity contribution in [2.24, 2.45) is 0 Å². The summed E-state index contributed by atoms with van der Waals surface area (Å²) in [7, 11) is 1.44. The molecule has 1 saturated heterocycles. The van der Waals surface area contributed by atoms with Crippen LogP contribution in [-0.4, -0.2) is 59.9 Å². The third kappa shape index (κ3) is 4.46. The molecule has 2 amide bonds. The fourth-order valence-corrected chi connectivity index (χ4v) is 4.16. The third-order valence-corrected chi connectivity index (χ3v) is 5.85. The van der Waals surface area contributed by atoms with Crippen molar-refractivity contribution in [1.29, 1.82) is 0 Å². The summed E-state index contributed by atoms with van der Waals surface area (Å²) in [4.78, 5) is 44.5. The van der Waals surface area contributed by atoms with E-state index in [2.05, 4.69) is 15.2 Å². The van der Waals surface area contributed by atoms with E-state index in [4.69, 9.17) is 4.74 Å². The molecule has 9 heteroatoms. The largest absolute Gasteiger partial charge is 0.497 e. The van der Waals surface area contributed by atoms with Crippen LogP contribution in [0.2, 0.25) is 0 Å². The van der Waals surface area contributed by atoms with Crippen LogP contribution in [0.4, 0.5) is 10.1 Å². The van der Waals surface area contributed by atoms with Crippen molar-refractivity contribution < 1.29 is 18.7 Å². The van der Waals surface area contributed by atoms with E-state index in [9.17, 15) is 18.8 Å². The van der Waals surface area contributed by atoms with Crippen LogP contribution in [0.15, 0.2) is 29.2 Å². The molecular weight excluding hydrogens is 403 g/mol. The number of ether oxygens (including phenoxy) is 1. The van der Waals surface area contributed by atoms with E-state index in [0.29, 0.717) is 37.4 Å². The number of methoxy groups -OCH3 is 1. The standard InChI is InChI=1S/C22H25FN4O4/c1-31-15-4-5-17(23)18(10-15)25-22(30)20-16-6-9-27(12-14(16)11-24-21(20)29)19(28)13-26-7-2-3-8-26/h4-5,10-11H,2-3,6-9,12-13H2,1H3,(H,24,29)(H,25,30). The summed E-state index contributed by atoms with van der Waals surface area (Å²) in [6, 6.07) is 3.98. The number of halogens is 1. The summed E-state index contributed by atoms with van der Waals surface area (Å²) in [5.74, 6) is -0.896. The highest BCUT2D eigenvalue weighted by molar-refractivity contribution is 6.05. The van der Waals surface area contributed by atoms with Crippen LogP contribution >= 0.6 is 0 Å². The quantitative estimate of drug-likeness (QED) is 0.757. The number of hydrogen-bond acceptors (Lipinski definition) is 5. The van der Waals surface area contributed by atoms with Crippen molar-refractivity contribution in [2.75, 3.05) is 38.6 Å². The Kier molecular flexibility index (Phi) is 6.03. The molecule has 31 heavy (non-hydrogen) atoms. The maximum atomic E-state index is 14.1. The second kappa shape index (κ2) is 8.89. The monoisotopic (exact) mass is 428 g/mol.